The molecule has 0 aliphatic carbocycles. The maximum atomic E-state index is 13.3. The standard InChI is InChI=1S/C19H19FN4O/c1-13(15-5-3-4-6-17(15)25-2)11-22-19-10-16(23-12-24-19)14-7-8-21-18(20)9-14/h3-10,12-13H,11H2,1-2H3,(H,22,23,24)/t13-/m1/s1. The van der Waals surface area contributed by atoms with Crippen LogP contribution in [0, 0.1) is 5.95 Å². The van der Waals surface area contributed by atoms with E-state index < -0.39 is 5.95 Å². The number of benzene rings is 1. The molecular formula is C19H19FN4O. The molecule has 2 heterocycles. The Morgan fingerprint density at radius 1 is 1.12 bits per heavy atom. The molecule has 0 aliphatic heterocycles. The second kappa shape index (κ2) is 7.70. The summed E-state index contributed by atoms with van der Waals surface area (Å²) in [6.45, 7) is 2.80. The molecule has 0 saturated heterocycles. The Hall–Kier alpha value is -3.02. The Balaban J connectivity index is 1.72. The van der Waals surface area contributed by atoms with Gasteiger partial charge in [-0.05, 0) is 17.7 Å². The predicted octanol–water partition coefficient (Wildman–Crippen LogP) is 3.90. The summed E-state index contributed by atoms with van der Waals surface area (Å²) < 4.78 is 18.7. The first kappa shape index (κ1) is 16.8. The van der Waals surface area contributed by atoms with Crippen LogP contribution in [0.1, 0.15) is 18.4 Å². The molecule has 3 aromatic rings. The molecule has 0 saturated carbocycles. The Bertz CT molecular complexity index is 856. The van der Waals surface area contributed by atoms with Gasteiger partial charge in [0.15, 0.2) is 0 Å². The number of rotatable bonds is 6. The van der Waals surface area contributed by atoms with E-state index in [1.54, 1.807) is 19.2 Å². The SMILES string of the molecule is COc1ccccc1[C@H](C)CNc1cc(-c2ccnc(F)c2)ncn1. The van der Waals surface area contributed by atoms with E-state index in [1.165, 1.54) is 18.6 Å². The number of aromatic nitrogens is 3. The topological polar surface area (TPSA) is 59.9 Å². The van der Waals surface area contributed by atoms with Crippen molar-refractivity contribution >= 4 is 5.82 Å². The van der Waals surface area contributed by atoms with E-state index in [9.17, 15) is 4.39 Å². The van der Waals surface area contributed by atoms with E-state index in [2.05, 4.69) is 33.3 Å². The molecule has 3 rings (SSSR count). The number of para-hydroxylation sites is 1. The summed E-state index contributed by atoms with van der Waals surface area (Å²) in [7, 11) is 1.67. The molecule has 0 radical (unpaired) electrons. The first-order valence-electron chi connectivity index (χ1n) is 7.98. The van der Waals surface area contributed by atoms with Gasteiger partial charge in [-0.3, -0.25) is 0 Å². The quantitative estimate of drug-likeness (QED) is 0.691. The lowest BCUT2D eigenvalue weighted by molar-refractivity contribution is 0.407. The summed E-state index contributed by atoms with van der Waals surface area (Å²) in [6.07, 6.45) is 2.88. The Morgan fingerprint density at radius 2 is 1.96 bits per heavy atom. The van der Waals surface area contributed by atoms with Crippen LogP contribution in [0.5, 0.6) is 5.75 Å². The predicted molar refractivity (Wildman–Crippen MR) is 95.1 cm³/mol. The highest BCUT2D eigenvalue weighted by Gasteiger charge is 2.11. The highest BCUT2D eigenvalue weighted by atomic mass is 19.1. The summed E-state index contributed by atoms with van der Waals surface area (Å²) in [5.74, 6) is 1.25. The Morgan fingerprint density at radius 3 is 2.76 bits per heavy atom. The first-order chi connectivity index (χ1) is 12.2. The van der Waals surface area contributed by atoms with Gasteiger partial charge in [0.1, 0.15) is 17.9 Å². The number of hydrogen-bond acceptors (Lipinski definition) is 5. The Kier molecular flexibility index (Phi) is 5.18. The lowest BCUT2D eigenvalue weighted by Crippen LogP contribution is -2.12. The van der Waals surface area contributed by atoms with Gasteiger partial charge in [0, 0.05) is 36.4 Å². The number of hydrogen-bond donors (Lipinski definition) is 1. The minimum absolute atomic E-state index is 0.230. The van der Waals surface area contributed by atoms with E-state index in [0.717, 1.165) is 11.3 Å². The normalized spacial score (nSPS) is 11.8. The summed E-state index contributed by atoms with van der Waals surface area (Å²) in [4.78, 5) is 12.0. The fourth-order valence-corrected chi connectivity index (χ4v) is 2.61. The van der Waals surface area contributed by atoms with Gasteiger partial charge in [-0.15, -0.1) is 0 Å². The third-order valence-corrected chi connectivity index (χ3v) is 3.95. The molecule has 6 heteroatoms. The van der Waals surface area contributed by atoms with E-state index in [4.69, 9.17) is 4.74 Å². The largest absolute Gasteiger partial charge is 0.496 e. The molecule has 5 nitrogen and oxygen atoms in total. The summed E-state index contributed by atoms with van der Waals surface area (Å²) in [5.41, 5.74) is 2.43. The molecule has 0 aliphatic rings. The molecule has 0 fully saturated rings. The van der Waals surface area contributed by atoms with Gasteiger partial charge < -0.3 is 10.1 Å². The minimum atomic E-state index is -0.532. The molecule has 1 aromatic carbocycles. The van der Waals surface area contributed by atoms with Crippen molar-refractivity contribution in [2.24, 2.45) is 0 Å². The molecule has 0 bridgehead atoms. The van der Waals surface area contributed by atoms with Crippen molar-refractivity contribution in [3.63, 3.8) is 0 Å². The summed E-state index contributed by atoms with van der Waals surface area (Å²) in [6, 6.07) is 12.8. The second-order valence-electron chi connectivity index (χ2n) is 5.68. The van der Waals surface area contributed by atoms with Gasteiger partial charge in [-0.1, -0.05) is 25.1 Å². The van der Waals surface area contributed by atoms with Crippen LogP contribution in [-0.4, -0.2) is 28.6 Å². The molecule has 1 atom stereocenters. The second-order valence-corrected chi connectivity index (χ2v) is 5.68. The number of ether oxygens (including phenoxy) is 1. The smallest absolute Gasteiger partial charge is 0.213 e. The lowest BCUT2D eigenvalue weighted by Gasteiger charge is -2.16. The maximum absolute atomic E-state index is 13.3. The summed E-state index contributed by atoms with van der Waals surface area (Å²) in [5, 5.41) is 3.30. The third kappa shape index (κ3) is 4.09. The monoisotopic (exact) mass is 338 g/mol. The summed E-state index contributed by atoms with van der Waals surface area (Å²) >= 11 is 0. The van der Waals surface area contributed by atoms with Crippen molar-refractivity contribution in [3.05, 3.63) is 66.5 Å². The number of nitrogens with zero attached hydrogens (tertiary/aromatic N) is 3. The number of anilines is 1. The minimum Gasteiger partial charge on any atom is -0.496 e. The van der Waals surface area contributed by atoms with Gasteiger partial charge >= 0.3 is 0 Å². The first-order valence-corrected chi connectivity index (χ1v) is 7.98. The van der Waals surface area contributed by atoms with E-state index in [1.807, 2.05) is 18.2 Å². The highest BCUT2D eigenvalue weighted by Crippen LogP contribution is 2.26. The van der Waals surface area contributed by atoms with Crippen LogP contribution in [0.15, 0.2) is 55.0 Å². The molecule has 2 aromatic heterocycles. The zero-order valence-corrected chi connectivity index (χ0v) is 14.1. The molecule has 0 spiro atoms. The van der Waals surface area contributed by atoms with Crippen LogP contribution in [-0.2, 0) is 0 Å². The number of halogens is 1. The van der Waals surface area contributed by atoms with E-state index in [-0.39, 0.29) is 5.92 Å². The van der Waals surface area contributed by atoms with Gasteiger partial charge in [-0.2, -0.15) is 4.39 Å². The van der Waals surface area contributed by atoms with E-state index >= 15 is 0 Å². The van der Waals surface area contributed by atoms with Crippen molar-refractivity contribution in [3.8, 4) is 17.0 Å². The van der Waals surface area contributed by atoms with Crippen LogP contribution >= 0.6 is 0 Å². The molecule has 25 heavy (non-hydrogen) atoms. The zero-order valence-electron chi connectivity index (χ0n) is 14.1. The number of nitrogens with one attached hydrogen (secondary N) is 1. The molecule has 1 N–H and O–H groups in total. The van der Waals surface area contributed by atoms with Crippen molar-refractivity contribution in [2.45, 2.75) is 12.8 Å². The van der Waals surface area contributed by atoms with Crippen LogP contribution in [0.3, 0.4) is 0 Å². The fraction of sp³-hybridized carbons (Fsp3) is 0.211. The molecule has 0 amide bonds. The van der Waals surface area contributed by atoms with Crippen molar-refractivity contribution < 1.29 is 9.13 Å². The highest BCUT2D eigenvalue weighted by molar-refractivity contribution is 5.61. The van der Waals surface area contributed by atoms with Crippen molar-refractivity contribution in [2.75, 3.05) is 19.0 Å². The Labute approximate surface area is 145 Å². The van der Waals surface area contributed by atoms with Crippen LogP contribution < -0.4 is 10.1 Å². The molecule has 0 unspecified atom stereocenters. The van der Waals surface area contributed by atoms with Gasteiger partial charge in [0.25, 0.3) is 0 Å². The fourth-order valence-electron chi connectivity index (χ4n) is 2.61. The number of pyridine rings is 1. The van der Waals surface area contributed by atoms with Crippen molar-refractivity contribution in [1.82, 2.24) is 15.0 Å². The van der Waals surface area contributed by atoms with E-state index in [0.29, 0.717) is 23.6 Å². The third-order valence-electron chi connectivity index (χ3n) is 3.95. The molecule has 128 valence electrons. The van der Waals surface area contributed by atoms with Gasteiger partial charge in [-0.25, -0.2) is 15.0 Å². The zero-order chi connectivity index (χ0) is 17.6. The average Bonchev–Trinajstić information content (AvgIpc) is 2.66. The van der Waals surface area contributed by atoms with Gasteiger partial charge in [0.05, 0.1) is 12.8 Å². The van der Waals surface area contributed by atoms with Crippen LogP contribution in [0.25, 0.3) is 11.3 Å². The molecular weight excluding hydrogens is 319 g/mol. The van der Waals surface area contributed by atoms with Crippen LogP contribution in [0.2, 0.25) is 0 Å². The van der Waals surface area contributed by atoms with Crippen LogP contribution in [0.4, 0.5) is 10.2 Å². The average molecular weight is 338 g/mol. The van der Waals surface area contributed by atoms with Crippen molar-refractivity contribution in [1.29, 1.82) is 0 Å². The number of methoxy groups -OCH3 is 1. The maximum Gasteiger partial charge on any atom is 0.213 e. The lowest BCUT2D eigenvalue weighted by atomic mass is 10.00. The van der Waals surface area contributed by atoms with Gasteiger partial charge in [0.2, 0.25) is 5.95 Å².